The van der Waals surface area contributed by atoms with E-state index in [0.29, 0.717) is 27.2 Å². The molecule has 3 aromatic carbocycles. The first-order valence-electron chi connectivity index (χ1n) is 9.71. The van der Waals surface area contributed by atoms with Gasteiger partial charge >= 0.3 is 0 Å². The molecule has 5 nitrogen and oxygen atoms in total. The molecular formula is C24H17Cl3N2O3S. The van der Waals surface area contributed by atoms with Gasteiger partial charge in [0.15, 0.2) is 0 Å². The summed E-state index contributed by atoms with van der Waals surface area (Å²) in [7, 11) is 1.52. The molecule has 3 aromatic rings. The highest BCUT2D eigenvalue weighted by atomic mass is 35.5. The lowest BCUT2D eigenvalue weighted by Gasteiger charge is -2.16. The van der Waals surface area contributed by atoms with Crippen LogP contribution >= 0.6 is 46.6 Å². The lowest BCUT2D eigenvalue weighted by molar-refractivity contribution is -0.120. The first kappa shape index (κ1) is 23.5. The van der Waals surface area contributed by atoms with Gasteiger partial charge in [-0.15, -0.1) is 0 Å². The summed E-state index contributed by atoms with van der Waals surface area (Å²) in [6.45, 7) is 1.98. The number of halogens is 3. The number of hydrogen-bond donors (Lipinski definition) is 1. The van der Waals surface area contributed by atoms with Crippen molar-refractivity contribution in [1.82, 2.24) is 0 Å². The minimum atomic E-state index is -0.514. The molecular weight excluding hydrogens is 503 g/mol. The summed E-state index contributed by atoms with van der Waals surface area (Å²) < 4.78 is 5.19. The molecule has 9 heteroatoms. The third-order valence-corrected chi connectivity index (χ3v) is 6.99. The fraction of sp³-hybridized carbons (Fsp3) is 0.0833. The molecule has 168 valence electrons. The van der Waals surface area contributed by atoms with Crippen molar-refractivity contribution in [2.24, 2.45) is 0 Å². The fourth-order valence-corrected chi connectivity index (χ4v) is 4.66. The van der Waals surface area contributed by atoms with Crippen molar-refractivity contribution >= 4 is 69.8 Å². The first-order chi connectivity index (χ1) is 15.8. The number of nitrogens with zero attached hydrogens (tertiary/aromatic N) is 1. The molecule has 33 heavy (non-hydrogen) atoms. The number of carbonyl (C=O) groups excluding carboxylic acids is 2. The van der Waals surface area contributed by atoms with Crippen LogP contribution in [0.4, 0.5) is 11.4 Å². The quantitative estimate of drug-likeness (QED) is 0.357. The molecule has 1 N–H and O–H groups in total. The monoisotopic (exact) mass is 518 g/mol. The van der Waals surface area contributed by atoms with Gasteiger partial charge in [0.05, 0.1) is 27.9 Å². The van der Waals surface area contributed by atoms with E-state index in [4.69, 9.17) is 39.5 Å². The van der Waals surface area contributed by atoms with Gasteiger partial charge in [-0.05, 0) is 55.5 Å². The average Bonchev–Trinajstić information content (AvgIpc) is 3.01. The van der Waals surface area contributed by atoms with Crippen molar-refractivity contribution in [3.63, 3.8) is 0 Å². The molecule has 1 aliphatic heterocycles. The maximum Gasteiger partial charge on any atom is 0.283 e. The zero-order valence-corrected chi connectivity index (χ0v) is 20.6. The highest BCUT2D eigenvalue weighted by Gasteiger charge is 2.40. The number of imide groups is 1. The van der Waals surface area contributed by atoms with Crippen LogP contribution in [-0.4, -0.2) is 18.9 Å². The highest BCUT2D eigenvalue weighted by Crippen LogP contribution is 2.39. The summed E-state index contributed by atoms with van der Waals surface area (Å²) in [4.78, 5) is 29.0. The number of amides is 2. The Labute approximate surface area is 210 Å². The number of ether oxygens (including phenoxy) is 1. The van der Waals surface area contributed by atoms with Crippen LogP contribution in [0.1, 0.15) is 5.56 Å². The highest BCUT2D eigenvalue weighted by molar-refractivity contribution is 8.04. The third kappa shape index (κ3) is 4.84. The maximum absolute atomic E-state index is 13.4. The van der Waals surface area contributed by atoms with Crippen LogP contribution in [0.15, 0.2) is 76.2 Å². The number of aryl methyl sites for hydroxylation is 1. The molecule has 1 heterocycles. The van der Waals surface area contributed by atoms with E-state index in [9.17, 15) is 9.59 Å². The Morgan fingerprint density at radius 2 is 1.58 bits per heavy atom. The van der Waals surface area contributed by atoms with Crippen LogP contribution in [-0.2, 0) is 9.59 Å². The topological polar surface area (TPSA) is 58.6 Å². The molecule has 0 radical (unpaired) electrons. The van der Waals surface area contributed by atoms with Crippen LogP contribution in [0, 0.1) is 6.92 Å². The molecule has 2 amide bonds. The van der Waals surface area contributed by atoms with E-state index < -0.39 is 11.8 Å². The number of anilines is 2. The molecule has 0 saturated carbocycles. The van der Waals surface area contributed by atoms with E-state index in [-0.39, 0.29) is 15.6 Å². The van der Waals surface area contributed by atoms with Crippen LogP contribution in [0.2, 0.25) is 15.1 Å². The van der Waals surface area contributed by atoms with Crippen LogP contribution in [0.3, 0.4) is 0 Å². The van der Waals surface area contributed by atoms with Crippen LogP contribution in [0.5, 0.6) is 5.75 Å². The van der Waals surface area contributed by atoms with Gasteiger partial charge < -0.3 is 10.1 Å². The molecule has 0 fully saturated rings. The Bertz CT molecular complexity index is 1290. The third-order valence-electron chi connectivity index (χ3n) is 4.86. The van der Waals surface area contributed by atoms with Crippen molar-refractivity contribution in [2.75, 3.05) is 17.3 Å². The van der Waals surface area contributed by atoms with Crippen molar-refractivity contribution < 1.29 is 14.3 Å². The Morgan fingerprint density at radius 3 is 2.21 bits per heavy atom. The van der Waals surface area contributed by atoms with Gasteiger partial charge in [0.2, 0.25) is 0 Å². The Morgan fingerprint density at radius 1 is 0.848 bits per heavy atom. The molecule has 0 spiro atoms. The Kier molecular flexibility index (Phi) is 6.91. The first-order valence-corrected chi connectivity index (χ1v) is 11.7. The second-order valence-electron chi connectivity index (χ2n) is 7.14. The van der Waals surface area contributed by atoms with Gasteiger partial charge in [0.25, 0.3) is 11.8 Å². The lowest BCUT2D eigenvalue weighted by Crippen LogP contribution is -2.32. The van der Waals surface area contributed by atoms with Gasteiger partial charge in [-0.2, -0.15) is 0 Å². The minimum Gasteiger partial charge on any atom is -0.495 e. The van der Waals surface area contributed by atoms with Gasteiger partial charge in [0.1, 0.15) is 16.4 Å². The molecule has 0 unspecified atom stereocenters. The maximum atomic E-state index is 13.4. The number of carbonyl (C=O) groups is 2. The van der Waals surface area contributed by atoms with Gasteiger partial charge in [-0.25, -0.2) is 4.90 Å². The molecule has 0 bridgehead atoms. The van der Waals surface area contributed by atoms with E-state index in [1.807, 2.05) is 31.2 Å². The number of thioether (sulfide) groups is 1. The predicted octanol–water partition coefficient (Wildman–Crippen LogP) is 6.95. The van der Waals surface area contributed by atoms with Crippen molar-refractivity contribution in [1.29, 1.82) is 0 Å². The van der Waals surface area contributed by atoms with Gasteiger partial charge in [0, 0.05) is 10.6 Å². The summed E-state index contributed by atoms with van der Waals surface area (Å²) in [5.41, 5.74) is 2.09. The van der Waals surface area contributed by atoms with Gasteiger partial charge in [-0.1, -0.05) is 64.3 Å². The number of benzene rings is 3. The van der Waals surface area contributed by atoms with E-state index in [1.54, 1.807) is 30.3 Å². The van der Waals surface area contributed by atoms with E-state index >= 15 is 0 Å². The normalized spacial score (nSPS) is 13.7. The molecule has 0 saturated heterocycles. The second kappa shape index (κ2) is 9.69. The predicted molar refractivity (Wildman–Crippen MR) is 135 cm³/mol. The SMILES string of the molecule is COc1ccc(NC2=C(Sc3ccc(C)cc3)C(=O)N(c3ccc(Cl)c(Cl)c3)C2=O)cc1Cl. The minimum absolute atomic E-state index is 0.137. The number of nitrogens with one attached hydrogen (secondary N) is 1. The zero-order valence-electron chi connectivity index (χ0n) is 17.5. The number of rotatable bonds is 6. The molecule has 1 aliphatic rings. The van der Waals surface area contributed by atoms with Crippen LogP contribution in [0.25, 0.3) is 0 Å². The zero-order chi connectivity index (χ0) is 23.7. The van der Waals surface area contributed by atoms with E-state index in [1.165, 1.54) is 24.9 Å². The number of hydrogen-bond acceptors (Lipinski definition) is 5. The summed E-state index contributed by atoms with van der Waals surface area (Å²) >= 11 is 19.6. The van der Waals surface area contributed by atoms with E-state index in [0.717, 1.165) is 15.4 Å². The molecule has 0 atom stereocenters. The molecule has 0 aromatic heterocycles. The molecule has 0 aliphatic carbocycles. The standard InChI is InChI=1S/C24H17Cl3N2O3S/c1-13-3-7-16(8-4-13)33-22-21(28-14-5-10-20(32-2)19(27)11-14)23(30)29(24(22)31)15-6-9-17(25)18(26)12-15/h3-12,28H,1-2H3. The average molecular weight is 520 g/mol. The van der Waals surface area contributed by atoms with Crippen molar-refractivity contribution in [3.8, 4) is 5.75 Å². The summed E-state index contributed by atoms with van der Waals surface area (Å²) in [6.07, 6.45) is 0. The summed E-state index contributed by atoms with van der Waals surface area (Å²) in [6, 6.07) is 17.3. The smallest absolute Gasteiger partial charge is 0.283 e. The Balaban J connectivity index is 1.75. The van der Waals surface area contributed by atoms with Crippen LogP contribution < -0.4 is 15.0 Å². The fourth-order valence-electron chi connectivity index (χ4n) is 3.19. The van der Waals surface area contributed by atoms with Crippen molar-refractivity contribution in [3.05, 3.63) is 91.9 Å². The molecule has 4 rings (SSSR count). The van der Waals surface area contributed by atoms with Crippen molar-refractivity contribution in [2.45, 2.75) is 11.8 Å². The Hall–Kier alpha value is -2.64. The van der Waals surface area contributed by atoms with E-state index in [2.05, 4.69) is 5.32 Å². The summed E-state index contributed by atoms with van der Waals surface area (Å²) in [5.74, 6) is -0.484. The lowest BCUT2D eigenvalue weighted by atomic mass is 10.2. The second-order valence-corrected chi connectivity index (χ2v) is 9.44. The number of methoxy groups -OCH3 is 1. The largest absolute Gasteiger partial charge is 0.495 e. The summed E-state index contributed by atoms with van der Waals surface area (Å²) in [5, 5.41) is 4.01. The van der Waals surface area contributed by atoms with Gasteiger partial charge in [-0.3, -0.25) is 9.59 Å².